The highest BCUT2D eigenvalue weighted by molar-refractivity contribution is 8.00. The minimum absolute atomic E-state index is 0.113. The van der Waals surface area contributed by atoms with Crippen LogP contribution in [0.1, 0.15) is 19.8 Å². The predicted octanol–water partition coefficient (Wildman–Crippen LogP) is 1.58. The highest BCUT2D eigenvalue weighted by Crippen LogP contribution is 2.45. The van der Waals surface area contributed by atoms with Crippen molar-refractivity contribution in [3.8, 4) is 11.8 Å². The number of para-hydroxylation sites is 1. The van der Waals surface area contributed by atoms with Gasteiger partial charge in [0.1, 0.15) is 22.9 Å². The lowest BCUT2D eigenvalue weighted by Crippen LogP contribution is -2.71. The van der Waals surface area contributed by atoms with E-state index < -0.39 is 23.3 Å². The number of β-lactam (4-membered cyclic amide) rings is 1. The topological polar surface area (TPSA) is 109 Å². The Labute approximate surface area is 172 Å². The molecule has 9 heteroatoms. The van der Waals surface area contributed by atoms with Crippen molar-refractivity contribution in [1.29, 1.82) is 5.26 Å². The van der Waals surface area contributed by atoms with Gasteiger partial charge in [0.05, 0.1) is 13.2 Å². The van der Waals surface area contributed by atoms with Gasteiger partial charge in [0, 0.05) is 11.7 Å². The van der Waals surface area contributed by atoms with Gasteiger partial charge in [0.2, 0.25) is 0 Å². The average Bonchev–Trinajstić information content (AvgIpc) is 2.75. The molecular weight excluding hydrogens is 394 g/mol. The Hall–Kier alpha value is -2.99. The molecule has 2 heterocycles. The lowest BCUT2D eigenvalue weighted by molar-refractivity contribution is -0.152. The van der Waals surface area contributed by atoms with Crippen LogP contribution in [0.5, 0.6) is 5.75 Å². The smallest absolute Gasteiger partial charge is 0.354 e. The maximum atomic E-state index is 12.7. The predicted molar refractivity (Wildman–Crippen MR) is 105 cm³/mol. The Balaban J connectivity index is 1.69. The van der Waals surface area contributed by atoms with Crippen molar-refractivity contribution in [2.75, 3.05) is 13.7 Å². The molecule has 1 aromatic rings. The summed E-state index contributed by atoms with van der Waals surface area (Å²) in [5, 5.41) is 11.0. The number of ether oxygens (including phenoxy) is 2. The minimum Gasteiger partial charge on any atom is -0.484 e. The van der Waals surface area contributed by atoms with E-state index in [4.69, 9.17) is 14.7 Å². The highest BCUT2D eigenvalue weighted by atomic mass is 32.2. The molecule has 0 aromatic heterocycles. The summed E-state index contributed by atoms with van der Waals surface area (Å²) in [5.74, 6) is -0.833. The maximum Gasteiger partial charge on any atom is 0.354 e. The fourth-order valence-corrected chi connectivity index (χ4v) is 4.88. The zero-order chi connectivity index (χ0) is 21.0. The molecule has 2 aliphatic heterocycles. The van der Waals surface area contributed by atoms with Gasteiger partial charge in [-0.05, 0) is 31.1 Å². The van der Waals surface area contributed by atoms with Crippen molar-refractivity contribution in [2.45, 2.75) is 36.4 Å². The summed E-state index contributed by atoms with van der Waals surface area (Å²) in [6.45, 7) is 1.55. The molecule has 2 aliphatic rings. The number of carbonyl (C=O) groups excluding carboxylic acids is 3. The van der Waals surface area contributed by atoms with Crippen molar-refractivity contribution in [3.05, 3.63) is 41.6 Å². The van der Waals surface area contributed by atoms with Crippen LogP contribution in [0.25, 0.3) is 0 Å². The molecule has 1 saturated heterocycles. The first-order chi connectivity index (χ1) is 14.0. The third-order valence-corrected chi connectivity index (χ3v) is 6.45. The number of carbonyl (C=O) groups is 3. The van der Waals surface area contributed by atoms with E-state index in [1.54, 1.807) is 31.2 Å². The van der Waals surface area contributed by atoms with E-state index in [2.05, 4.69) is 11.4 Å². The van der Waals surface area contributed by atoms with Crippen molar-refractivity contribution >= 4 is 29.5 Å². The van der Waals surface area contributed by atoms with E-state index in [1.807, 2.05) is 6.07 Å². The Bertz CT molecular complexity index is 880. The van der Waals surface area contributed by atoms with Crippen LogP contribution in [0.2, 0.25) is 0 Å². The maximum absolute atomic E-state index is 12.7. The number of fused-ring (bicyclic) bond motifs is 1. The summed E-state index contributed by atoms with van der Waals surface area (Å²) >= 11 is 1.46. The number of rotatable bonds is 7. The number of nitrogens with zero attached hydrogens (tertiary/aromatic N) is 2. The molecule has 0 bridgehead atoms. The second-order valence-electron chi connectivity index (χ2n) is 6.59. The van der Waals surface area contributed by atoms with Crippen LogP contribution in [0.3, 0.4) is 0 Å². The van der Waals surface area contributed by atoms with Crippen molar-refractivity contribution < 1.29 is 23.9 Å². The Kier molecular flexibility index (Phi) is 6.44. The molecule has 1 aromatic carbocycles. The monoisotopic (exact) mass is 415 g/mol. The zero-order valence-corrected chi connectivity index (χ0v) is 16.9. The molecule has 1 N–H and O–H groups in total. The average molecular weight is 415 g/mol. The first kappa shape index (κ1) is 20.7. The standard InChI is InChI=1S/C20H21N3O5S/c1-12-14(9-6-10-21)29-19-16(18(25)23(19)17(12)20(26)27-2)22-15(24)11-28-13-7-4-3-5-8-13/h3-5,7-8,14,16,19H,6,9,11H2,1-2H3,(H,22,24)/t14-,16-,19-/m1/s1. The molecule has 1 fully saturated rings. The first-order valence-corrected chi connectivity index (χ1v) is 10.0. The highest BCUT2D eigenvalue weighted by Gasteiger charge is 2.55. The lowest BCUT2D eigenvalue weighted by Gasteiger charge is -2.51. The van der Waals surface area contributed by atoms with Crippen LogP contribution < -0.4 is 10.1 Å². The second kappa shape index (κ2) is 9.01. The molecule has 0 aliphatic carbocycles. The van der Waals surface area contributed by atoms with E-state index in [0.29, 0.717) is 24.2 Å². The normalized spacial score (nSPS) is 22.9. The third kappa shape index (κ3) is 4.22. The molecule has 2 amide bonds. The van der Waals surface area contributed by atoms with Gasteiger partial charge in [0.25, 0.3) is 11.8 Å². The van der Waals surface area contributed by atoms with Crippen molar-refractivity contribution in [2.24, 2.45) is 0 Å². The van der Waals surface area contributed by atoms with Crippen LogP contribution in [-0.4, -0.2) is 53.1 Å². The zero-order valence-electron chi connectivity index (χ0n) is 16.1. The summed E-state index contributed by atoms with van der Waals surface area (Å²) in [7, 11) is 1.26. The fraction of sp³-hybridized carbons (Fsp3) is 0.400. The molecule has 0 saturated carbocycles. The summed E-state index contributed by atoms with van der Waals surface area (Å²) in [6.07, 6.45) is 0.871. The molecule has 8 nitrogen and oxygen atoms in total. The van der Waals surface area contributed by atoms with E-state index in [0.717, 1.165) is 0 Å². The Morgan fingerprint density at radius 1 is 1.31 bits per heavy atom. The van der Waals surface area contributed by atoms with E-state index >= 15 is 0 Å². The molecular formula is C20H21N3O5S. The Morgan fingerprint density at radius 2 is 2.03 bits per heavy atom. The number of nitrogens with one attached hydrogen (secondary N) is 1. The van der Waals surface area contributed by atoms with Gasteiger partial charge >= 0.3 is 5.97 Å². The van der Waals surface area contributed by atoms with Crippen molar-refractivity contribution in [1.82, 2.24) is 10.2 Å². The summed E-state index contributed by atoms with van der Waals surface area (Å²) < 4.78 is 10.3. The van der Waals surface area contributed by atoms with Crippen LogP contribution >= 0.6 is 11.8 Å². The van der Waals surface area contributed by atoms with Gasteiger partial charge in [-0.3, -0.25) is 14.5 Å². The van der Waals surface area contributed by atoms with Gasteiger partial charge < -0.3 is 14.8 Å². The molecule has 0 radical (unpaired) electrons. The van der Waals surface area contributed by atoms with Gasteiger partial charge in [-0.2, -0.15) is 5.26 Å². The molecule has 3 rings (SSSR count). The Morgan fingerprint density at radius 3 is 2.69 bits per heavy atom. The summed E-state index contributed by atoms with van der Waals surface area (Å²) in [5.41, 5.74) is 0.911. The van der Waals surface area contributed by atoms with Gasteiger partial charge in [-0.25, -0.2) is 4.79 Å². The second-order valence-corrected chi connectivity index (χ2v) is 7.91. The van der Waals surface area contributed by atoms with E-state index in [1.165, 1.54) is 23.8 Å². The van der Waals surface area contributed by atoms with Gasteiger partial charge in [-0.1, -0.05) is 18.2 Å². The molecule has 0 unspecified atom stereocenters. The first-order valence-electron chi connectivity index (χ1n) is 9.09. The van der Waals surface area contributed by atoms with Gasteiger partial charge in [-0.15, -0.1) is 11.8 Å². The number of hydrogen-bond acceptors (Lipinski definition) is 7. The fourth-order valence-electron chi connectivity index (χ4n) is 3.30. The van der Waals surface area contributed by atoms with Gasteiger partial charge in [0.15, 0.2) is 6.61 Å². The van der Waals surface area contributed by atoms with Crippen molar-refractivity contribution in [3.63, 3.8) is 0 Å². The number of hydrogen-bond donors (Lipinski definition) is 1. The number of thioether (sulfide) groups is 1. The van der Waals surface area contributed by atoms with Crippen LogP contribution in [0.4, 0.5) is 0 Å². The minimum atomic E-state index is -0.760. The van der Waals surface area contributed by atoms with Crippen LogP contribution in [-0.2, 0) is 19.1 Å². The summed E-state index contributed by atoms with van der Waals surface area (Å²) in [4.78, 5) is 38.6. The van der Waals surface area contributed by atoms with Crippen LogP contribution in [0.15, 0.2) is 41.6 Å². The van der Waals surface area contributed by atoms with E-state index in [-0.39, 0.29) is 23.5 Å². The number of benzene rings is 1. The third-order valence-electron chi connectivity index (χ3n) is 4.77. The lowest BCUT2D eigenvalue weighted by atomic mass is 9.99. The largest absolute Gasteiger partial charge is 0.484 e. The SMILES string of the molecule is COC(=O)C1=C(C)[C@@H](CCC#N)S[C@@H]2[C@H](NC(=O)COc3ccccc3)C(=O)N12. The number of esters is 1. The van der Waals surface area contributed by atoms with Crippen LogP contribution in [0, 0.1) is 11.3 Å². The number of amides is 2. The molecule has 152 valence electrons. The van der Waals surface area contributed by atoms with E-state index in [9.17, 15) is 14.4 Å². The molecule has 29 heavy (non-hydrogen) atoms. The molecule has 3 atom stereocenters. The number of methoxy groups -OCH3 is 1. The number of nitriles is 1. The quantitative estimate of drug-likeness (QED) is 0.532. The molecule has 0 spiro atoms. The summed E-state index contributed by atoms with van der Waals surface area (Å²) in [6, 6.07) is 10.2.